The SMILES string of the molecule is CC(C)CCS(=O)(=O)Nc1ccccc1SCC(F)(F)F. The first-order chi connectivity index (χ1) is 9.59. The Bertz CT molecular complexity index is 557. The van der Waals surface area contributed by atoms with Gasteiger partial charge in [-0.05, 0) is 24.5 Å². The summed E-state index contributed by atoms with van der Waals surface area (Å²) in [7, 11) is -3.55. The van der Waals surface area contributed by atoms with E-state index >= 15 is 0 Å². The molecule has 0 fully saturated rings. The Morgan fingerprint density at radius 1 is 1.24 bits per heavy atom. The van der Waals surface area contributed by atoms with Crippen molar-refractivity contribution >= 4 is 27.5 Å². The third-order valence-corrected chi connectivity index (χ3v) is 4.95. The number of rotatable bonds is 7. The highest BCUT2D eigenvalue weighted by molar-refractivity contribution is 7.99. The second-order valence-electron chi connectivity index (χ2n) is 5.00. The van der Waals surface area contributed by atoms with Crippen molar-refractivity contribution in [2.45, 2.75) is 31.3 Å². The molecule has 1 aromatic carbocycles. The molecule has 0 saturated carbocycles. The maximum Gasteiger partial charge on any atom is 0.398 e. The number of nitrogens with one attached hydrogen (secondary N) is 1. The van der Waals surface area contributed by atoms with Crippen molar-refractivity contribution in [3.63, 3.8) is 0 Å². The zero-order valence-electron chi connectivity index (χ0n) is 11.8. The van der Waals surface area contributed by atoms with Crippen molar-refractivity contribution in [3.8, 4) is 0 Å². The standard InChI is InChI=1S/C13H18F3NO2S2/c1-10(2)7-8-21(18,19)17-11-5-3-4-6-12(11)20-9-13(14,15)16/h3-6,10,17H,7-9H2,1-2H3. The second-order valence-corrected chi connectivity index (χ2v) is 7.86. The summed E-state index contributed by atoms with van der Waals surface area (Å²) in [6.07, 6.45) is -3.80. The predicted molar refractivity (Wildman–Crippen MR) is 80.1 cm³/mol. The monoisotopic (exact) mass is 341 g/mol. The van der Waals surface area contributed by atoms with Crippen LogP contribution in [0.3, 0.4) is 0 Å². The van der Waals surface area contributed by atoms with E-state index in [0.717, 1.165) is 0 Å². The van der Waals surface area contributed by atoms with Crippen molar-refractivity contribution in [1.82, 2.24) is 0 Å². The molecule has 0 aromatic heterocycles. The lowest BCUT2D eigenvalue weighted by atomic mass is 10.2. The number of benzene rings is 1. The van der Waals surface area contributed by atoms with Gasteiger partial charge in [-0.2, -0.15) is 13.2 Å². The first-order valence-electron chi connectivity index (χ1n) is 6.38. The minimum Gasteiger partial charge on any atom is -0.282 e. The number of halogens is 3. The van der Waals surface area contributed by atoms with Gasteiger partial charge in [0.2, 0.25) is 10.0 Å². The van der Waals surface area contributed by atoms with Gasteiger partial charge in [0.25, 0.3) is 0 Å². The quantitative estimate of drug-likeness (QED) is 0.759. The average Bonchev–Trinajstić information content (AvgIpc) is 2.34. The molecule has 0 aliphatic carbocycles. The predicted octanol–water partition coefficient (Wildman–Crippen LogP) is 4.13. The Kier molecular flexibility index (Phi) is 6.40. The normalized spacial score (nSPS) is 12.7. The van der Waals surface area contributed by atoms with Crippen molar-refractivity contribution in [1.29, 1.82) is 0 Å². The average molecular weight is 341 g/mol. The van der Waals surface area contributed by atoms with Gasteiger partial charge in [0, 0.05) is 4.90 Å². The van der Waals surface area contributed by atoms with Gasteiger partial charge in [0.15, 0.2) is 0 Å². The van der Waals surface area contributed by atoms with Gasteiger partial charge in [0.1, 0.15) is 0 Å². The number of alkyl halides is 3. The highest BCUT2D eigenvalue weighted by Crippen LogP contribution is 2.32. The van der Waals surface area contributed by atoms with E-state index in [0.29, 0.717) is 18.2 Å². The molecule has 0 aliphatic rings. The lowest BCUT2D eigenvalue weighted by Crippen LogP contribution is -2.18. The number of para-hydroxylation sites is 1. The zero-order valence-corrected chi connectivity index (χ0v) is 13.4. The van der Waals surface area contributed by atoms with E-state index in [2.05, 4.69) is 4.72 Å². The van der Waals surface area contributed by atoms with Crippen LogP contribution in [0, 0.1) is 5.92 Å². The topological polar surface area (TPSA) is 46.2 Å². The van der Waals surface area contributed by atoms with Crippen molar-refractivity contribution < 1.29 is 21.6 Å². The molecule has 0 unspecified atom stereocenters. The molecular formula is C13H18F3NO2S2. The number of sulfonamides is 1. The van der Waals surface area contributed by atoms with Gasteiger partial charge in [-0.25, -0.2) is 8.42 Å². The van der Waals surface area contributed by atoms with E-state index in [-0.39, 0.29) is 22.3 Å². The smallest absolute Gasteiger partial charge is 0.282 e. The van der Waals surface area contributed by atoms with Gasteiger partial charge in [-0.15, -0.1) is 11.8 Å². The molecule has 21 heavy (non-hydrogen) atoms. The third kappa shape index (κ3) is 7.61. The molecule has 120 valence electrons. The molecule has 0 atom stereocenters. The Hall–Kier alpha value is -0.890. The third-order valence-electron chi connectivity index (χ3n) is 2.51. The number of hydrogen-bond donors (Lipinski definition) is 1. The minimum absolute atomic E-state index is 0.0526. The van der Waals surface area contributed by atoms with Crippen LogP contribution in [-0.4, -0.2) is 26.1 Å². The van der Waals surface area contributed by atoms with Gasteiger partial charge in [-0.3, -0.25) is 4.72 Å². The minimum atomic E-state index is -4.30. The Morgan fingerprint density at radius 2 is 1.86 bits per heavy atom. The van der Waals surface area contributed by atoms with Crippen LogP contribution >= 0.6 is 11.8 Å². The largest absolute Gasteiger partial charge is 0.398 e. The van der Waals surface area contributed by atoms with Crippen LogP contribution in [0.4, 0.5) is 18.9 Å². The molecule has 3 nitrogen and oxygen atoms in total. The summed E-state index contributed by atoms with van der Waals surface area (Å²) in [6.45, 7) is 3.81. The first-order valence-corrected chi connectivity index (χ1v) is 9.02. The fourth-order valence-electron chi connectivity index (χ4n) is 1.45. The molecule has 0 saturated heterocycles. The van der Waals surface area contributed by atoms with Crippen molar-refractivity contribution in [2.24, 2.45) is 5.92 Å². The summed E-state index contributed by atoms with van der Waals surface area (Å²) in [6, 6.07) is 6.09. The fourth-order valence-corrected chi connectivity index (χ4v) is 3.68. The van der Waals surface area contributed by atoms with Crippen molar-refractivity contribution in [3.05, 3.63) is 24.3 Å². The van der Waals surface area contributed by atoms with Crippen LogP contribution in [0.2, 0.25) is 0 Å². The summed E-state index contributed by atoms with van der Waals surface area (Å²) >= 11 is 0.567. The number of hydrogen-bond acceptors (Lipinski definition) is 3. The molecule has 0 bridgehead atoms. The van der Waals surface area contributed by atoms with Crippen LogP contribution in [-0.2, 0) is 10.0 Å². The highest BCUT2D eigenvalue weighted by atomic mass is 32.2. The summed E-state index contributed by atoms with van der Waals surface area (Å²) < 4.78 is 63.0. The summed E-state index contributed by atoms with van der Waals surface area (Å²) in [5, 5.41) is 0. The molecule has 1 N–H and O–H groups in total. The maximum atomic E-state index is 12.3. The van der Waals surface area contributed by atoms with Crippen LogP contribution in [0.1, 0.15) is 20.3 Å². The van der Waals surface area contributed by atoms with E-state index < -0.39 is 22.0 Å². The summed E-state index contributed by atoms with van der Waals surface area (Å²) in [4.78, 5) is 0.267. The van der Waals surface area contributed by atoms with Gasteiger partial charge < -0.3 is 0 Å². The molecule has 0 spiro atoms. The molecule has 0 heterocycles. The van der Waals surface area contributed by atoms with E-state index in [1.807, 2.05) is 13.8 Å². The van der Waals surface area contributed by atoms with Crippen LogP contribution in [0.5, 0.6) is 0 Å². The van der Waals surface area contributed by atoms with Gasteiger partial charge in [-0.1, -0.05) is 26.0 Å². The number of anilines is 1. The Morgan fingerprint density at radius 3 is 2.43 bits per heavy atom. The van der Waals surface area contributed by atoms with Gasteiger partial charge in [0.05, 0.1) is 17.2 Å². The second kappa shape index (κ2) is 7.40. The molecule has 0 radical (unpaired) electrons. The lowest BCUT2D eigenvalue weighted by molar-refractivity contribution is -0.105. The Balaban J connectivity index is 2.79. The summed E-state index contributed by atoms with van der Waals surface area (Å²) in [5.74, 6) is -0.878. The molecule has 0 amide bonds. The first kappa shape index (κ1) is 18.2. The molecular weight excluding hydrogens is 323 g/mol. The summed E-state index contributed by atoms with van der Waals surface area (Å²) in [5.41, 5.74) is 0.190. The zero-order chi connectivity index (χ0) is 16.1. The van der Waals surface area contributed by atoms with E-state index in [9.17, 15) is 21.6 Å². The lowest BCUT2D eigenvalue weighted by Gasteiger charge is -2.13. The van der Waals surface area contributed by atoms with E-state index in [4.69, 9.17) is 0 Å². The Labute approximate surface area is 127 Å². The molecule has 8 heteroatoms. The molecule has 1 rings (SSSR count). The van der Waals surface area contributed by atoms with Crippen LogP contribution in [0.25, 0.3) is 0 Å². The van der Waals surface area contributed by atoms with E-state index in [1.165, 1.54) is 12.1 Å². The highest BCUT2D eigenvalue weighted by Gasteiger charge is 2.28. The molecule has 0 aliphatic heterocycles. The fraction of sp³-hybridized carbons (Fsp3) is 0.538. The van der Waals surface area contributed by atoms with E-state index in [1.54, 1.807) is 12.1 Å². The van der Waals surface area contributed by atoms with Crippen molar-refractivity contribution in [2.75, 3.05) is 16.2 Å². The molecule has 1 aromatic rings. The number of thioether (sulfide) groups is 1. The van der Waals surface area contributed by atoms with Crippen LogP contribution in [0.15, 0.2) is 29.2 Å². The maximum absolute atomic E-state index is 12.3. The van der Waals surface area contributed by atoms with Crippen LogP contribution < -0.4 is 4.72 Å². The van der Waals surface area contributed by atoms with Gasteiger partial charge >= 0.3 is 6.18 Å².